The summed E-state index contributed by atoms with van der Waals surface area (Å²) in [4.78, 5) is 38.1. The maximum Gasteiger partial charge on any atom is 0.418 e. The molecule has 3 rings (SSSR count). The van der Waals surface area contributed by atoms with Crippen molar-refractivity contribution in [3.63, 3.8) is 0 Å². The SMILES string of the molecule is CC1(c2ccc(Cl)cc2)NC(=O)N(CC(=O)Nc2c(Cl)cccc2C(F)(F)F)C1=O. The van der Waals surface area contributed by atoms with E-state index >= 15 is 0 Å². The number of amides is 4. The Labute approximate surface area is 178 Å². The van der Waals surface area contributed by atoms with E-state index in [9.17, 15) is 27.6 Å². The van der Waals surface area contributed by atoms with Crippen LogP contribution in [0.1, 0.15) is 18.1 Å². The van der Waals surface area contributed by atoms with Crippen LogP contribution in [0, 0.1) is 0 Å². The Hall–Kier alpha value is -2.78. The molecular formula is C19H14Cl2F3N3O3. The highest BCUT2D eigenvalue weighted by Gasteiger charge is 2.49. The lowest BCUT2D eigenvalue weighted by atomic mass is 9.92. The predicted octanol–water partition coefficient (Wildman–Crippen LogP) is 4.42. The van der Waals surface area contributed by atoms with Crippen molar-refractivity contribution in [2.75, 3.05) is 11.9 Å². The number of carbonyl (C=O) groups is 3. The Morgan fingerprint density at radius 1 is 1.13 bits per heavy atom. The molecule has 1 aliphatic heterocycles. The second kappa shape index (κ2) is 7.81. The Morgan fingerprint density at radius 3 is 2.37 bits per heavy atom. The third-order valence-corrected chi connectivity index (χ3v) is 5.15. The van der Waals surface area contributed by atoms with E-state index in [0.29, 0.717) is 15.5 Å². The predicted molar refractivity (Wildman–Crippen MR) is 104 cm³/mol. The molecule has 1 fully saturated rings. The molecule has 1 unspecified atom stereocenters. The molecule has 2 aromatic carbocycles. The minimum atomic E-state index is -4.76. The summed E-state index contributed by atoms with van der Waals surface area (Å²) in [5.41, 5.74) is -2.82. The first-order chi connectivity index (χ1) is 13.9. The van der Waals surface area contributed by atoms with Gasteiger partial charge in [0.1, 0.15) is 12.1 Å². The van der Waals surface area contributed by atoms with Crippen LogP contribution in [-0.4, -0.2) is 29.3 Å². The molecule has 2 aromatic rings. The summed E-state index contributed by atoms with van der Waals surface area (Å²) in [5, 5.41) is 4.63. The summed E-state index contributed by atoms with van der Waals surface area (Å²) in [6.07, 6.45) is -4.76. The van der Waals surface area contributed by atoms with Crippen LogP contribution in [0.15, 0.2) is 42.5 Å². The Morgan fingerprint density at radius 2 is 1.77 bits per heavy atom. The number of nitrogens with zero attached hydrogens (tertiary/aromatic N) is 1. The number of halogens is 5. The number of rotatable bonds is 4. The number of urea groups is 1. The van der Waals surface area contributed by atoms with Gasteiger partial charge in [-0.15, -0.1) is 0 Å². The van der Waals surface area contributed by atoms with Crippen LogP contribution in [0.3, 0.4) is 0 Å². The number of nitrogens with one attached hydrogen (secondary N) is 2. The average molecular weight is 460 g/mol. The number of hydrogen-bond acceptors (Lipinski definition) is 3. The molecule has 11 heteroatoms. The fourth-order valence-corrected chi connectivity index (χ4v) is 3.38. The van der Waals surface area contributed by atoms with Crippen LogP contribution in [-0.2, 0) is 21.3 Å². The fraction of sp³-hybridized carbons (Fsp3) is 0.211. The Bertz CT molecular complexity index is 1030. The summed E-state index contributed by atoms with van der Waals surface area (Å²) in [6, 6.07) is 8.33. The fourth-order valence-electron chi connectivity index (χ4n) is 3.03. The van der Waals surface area contributed by atoms with E-state index < -0.39 is 47.4 Å². The summed E-state index contributed by atoms with van der Waals surface area (Å²) in [6.45, 7) is 0.653. The number of carbonyl (C=O) groups excluding carboxylic acids is 3. The lowest BCUT2D eigenvalue weighted by Crippen LogP contribution is -2.42. The lowest BCUT2D eigenvalue weighted by molar-refractivity contribution is -0.137. The second-order valence-electron chi connectivity index (χ2n) is 6.66. The largest absolute Gasteiger partial charge is 0.418 e. The molecule has 1 heterocycles. The first-order valence-electron chi connectivity index (χ1n) is 8.49. The highest BCUT2D eigenvalue weighted by molar-refractivity contribution is 6.34. The van der Waals surface area contributed by atoms with Crippen LogP contribution >= 0.6 is 23.2 Å². The molecular weight excluding hydrogens is 446 g/mol. The zero-order valence-corrected chi connectivity index (χ0v) is 16.8. The second-order valence-corrected chi connectivity index (χ2v) is 7.51. The molecule has 1 aliphatic rings. The molecule has 0 bridgehead atoms. The summed E-state index contributed by atoms with van der Waals surface area (Å²) >= 11 is 11.6. The number of benzene rings is 2. The van der Waals surface area contributed by atoms with Crippen LogP contribution < -0.4 is 10.6 Å². The van der Waals surface area contributed by atoms with Gasteiger partial charge in [-0.1, -0.05) is 41.4 Å². The Balaban J connectivity index is 1.81. The summed E-state index contributed by atoms with van der Waals surface area (Å²) in [5.74, 6) is -1.75. The number of imide groups is 1. The first kappa shape index (κ1) is 21.9. The van der Waals surface area contributed by atoms with Crippen molar-refractivity contribution >= 4 is 46.7 Å². The molecule has 0 radical (unpaired) electrons. The smallest absolute Gasteiger partial charge is 0.323 e. The third kappa shape index (κ3) is 4.08. The number of para-hydroxylation sites is 1. The van der Waals surface area contributed by atoms with E-state index in [1.54, 1.807) is 12.1 Å². The maximum atomic E-state index is 13.2. The Kier molecular flexibility index (Phi) is 5.70. The van der Waals surface area contributed by atoms with Crippen molar-refractivity contribution in [1.82, 2.24) is 10.2 Å². The molecule has 0 spiro atoms. The normalized spacial score (nSPS) is 19.1. The van der Waals surface area contributed by atoms with Gasteiger partial charge in [0.2, 0.25) is 5.91 Å². The van der Waals surface area contributed by atoms with Gasteiger partial charge in [-0.25, -0.2) is 4.79 Å². The van der Waals surface area contributed by atoms with Gasteiger partial charge in [0.25, 0.3) is 5.91 Å². The number of hydrogen-bond donors (Lipinski definition) is 2. The zero-order chi connectivity index (χ0) is 22.3. The minimum absolute atomic E-state index is 0.332. The lowest BCUT2D eigenvalue weighted by Gasteiger charge is -2.22. The van der Waals surface area contributed by atoms with Crippen LogP contribution in [0.4, 0.5) is 23.7 Å². The van der Waals surface area contributed by atoms with Gasteiger partial charge < -0.3 is 10.6 Å². The molecule has 158 valence electrons. The molecule has 2 N–H and O–H groups in total. The van der Waals surface area contributed by atoms with Crippen molar-refractivity contribution in [3.05, 3.63) is 63.6 Å². The molecule has 0 aromatic heterocycles. The van der Waals surface area contributed by atoms with Crippen molar-refractivity contribution < 1.29 is 27.6 Å². The van der Waals surface area contributed by atoms with Crippen molar-refractivity contribution in [2.45, 2.75) is 18.6 Å². The van der Waals surface area contributed by atoms with Crippen molar-refractivity contribution in [2.24, 2.45) is 0 Å². The van der Waals surface area contributed by atoms with Crippen LogP contribution in [0.2, 0.25) is 10.0 Å². The molecule has 6 nitrogen and oxygen atoms in total. The third-order valence-electron chi connectivity index (χ3n) is 4.58. The van der Waals surface area contributed by atoms with E-state index in [2.05, 4.69) is 5.32 Å². The molecule has 1 saturated heterocycles. The van der Waals surface area contributed by atoms with Gasteiger partial charge in [0, 0.05) is 5.02 Å². The standard InChI is InChI=1S/C19H14Cl2F3N3O3/c1-18(10-5-7-11(20)8-6-10)16(29)27(17(30)26-18)9-14(28)25-15-12(19(22,23)24)3-2-4-13(15)21/h2-8H,9H2,1H3,(H,25,28)(H,26,30). The van der Waals surface area contributed by atoms with E-state index in [4.69, 9.17) is 23.2 Å². The van der Waals surface area contributed by atoms with Gasteiger partial charge in [0.15, 0.2) is 0 Å². The van der Waals surface area contributed by atoms with Gasteiger partial charge in [-0.2, -0.15) is 13.2 Å². The van der Waals surface area contributed by atoms with Crippen LogP contribution in [0.5, 0.6) is 0 Å². The zero-order valence-electron chi connectivity index (χ0n) is 15.3. The molecule has 4 amide bonds. The average Bonchev–Trinajstić information content (AvgIpc) is 2.87. The highest BCUT2D eigenvalue weighted by atomic mass is 35.5. The van der Waals surface area contributed by atoms with E-state index in [0.717, 1.165) is 12.1 Å². The van der Waals surface area contributed by atoms with E-state index in [-0.39, 0.29) is 5.02 Å². The number of alkyl halides is 3. The molecule has 30 heavy (non-hydrogen) atoms. The molecule has 0 aliphatic carbocycles. The van der Waals surface area contributed by atoms with Crippen LogP contribution in [0.25, 0.3) is 0 Å². The highest BCUT2D eigenvalue weighted by Crippen LogP contribution is 2.38. The topological polar surface area (TPSA) is 78.5 Å². The first-order valence-corrected chi connectivity index (χ1v) is 9.25. The van der Waals surface area contributed by atoms with Gasteiger partial charge in [0.05, 0.1) is 16.3 Å². The summed E-state index contributed by atoms with van der Waals surface area (Å²) in [7, 11) is 0. The molecule has 1 atom stereocenters. The van der Waals surface area contributed by atoms with Gasteiger partial charge in [-0.3, -0.25) is 14.5 Å². The molecule has 0 saturated carbocycles. The summed E-state index contributed by atoms with van der Waals surface area (Å²) < 4.78 is 39.5. The number of anilines is 1. The van der Waals surface area contributed by atoms with Gasteiger partial charge >= 0.3 is 12.2 Å². The van der Waals surface area contributed by atoms with Gasteiger partial charge in [-0.05, 0) is 36.8 Å². The minimum Gasteiger partial charge on any atom is -0.323 e. The monoisotopic (exact) mass is 459 g/mol. The van der Waals surface area contributed by atoms with E-state index in [1.165, 1.54) is 25.1 Å². The van der Waals surface area contributed by atoms with Crippen molar-refractivity contribution in [1.29, 1.82) is 0 Å². The maximum absolute atomic E-state index is 13.2. The van der Waals surface area contributed by atoms with Crippen molar-refractivity contribution in [3.8, 4) is 0 Å². The van der Waals surface area contributed by atoms with E-state index in [1.807, 2.05) is 5.32 Å². The quantitative estimate of drug-likeness (QED) is 0.664.